The summed E-state index contributed by atoms with van der Waals surface area (Å²) in [6, 6.07) is 7.17. The standard InChI is InChI=1S/C38H44BrF3N6O7/c1-9-21(6)44-36-45-29-18-47(32(50)24-12-15-28(39)27(17-24)38(40,41)42)22(7)16-26(29)33(51)48(36)25-13-10-23(11-14-25)31(49)46(8)37(53)55-35(20(4)5)54-34(52)30(43)19(2)3/h9-15,17,19-22,30,35H,1,16,18,43H2,2-8H3,(H,44,45)/t21-,22+,30-,35-/m0/s1. The lowest BCUT2D eigenvalue weighted by Gasteiger charge is -2.35. The zero-order chi connectivity index (χ0) is 41.1. The molecule has 0 spiro atoms. The molecule has 0 saturated heterocycles. The summed E-state index contributed by atoms with van der Waals surface area (Å²) in [5.74, 6) is -2.73. The van der Waals surface area contributed by atoms with Crippen LogP contribution in [0, 0.1) is 11.8 Å². The van der Waals surface area contributed by atoms with Crippen molar-refractivity contribution >= 4 is 45.8 Å². The van der Waals surface area contributed by atoms with Crippen LogP contribution in [0.3, 0.4) is 0 Å². The molecule has 0 unspecified atom stereocenters. The number of nitrogens with one attached hydrogen (secondary N) is 1. The van der Waals surface area contributed by atoms with Gasteiger partial charge in [0.25, 0.3) is 23.7 Å². The molecule has 13 nitrogen and oxygen atoms in total. The maximum absolute atomic E-state index is 14.2. The smallest absolute Gasteiger partial charge is 0.419 e. The number of carbonyl (C=O) groups excluding carboxylic acids is 4. The van der Waals surface area contributed by atoms with Gasteiger partial charge in [-0.05, 0) is 68.7 Å². The van der Waals surface area contributed by atoms with Crippen molar-refractivity contribution < 1.29 is 41.8 Å². The van der Waals surface area contributed by atoms with Crippen molar-refractivity contribution in [3.05, 3.63) is 97.9 Å². The lowest BCUT2D eigenvalue weighted by Crippen LogP contribution is -2.46. The summed E-state index contributed by atoms with van der Waals surface area (Å²) in [4.78, 5) is 73.2. The Bertz CT molecular complexity index is 2020. The number of imide groups is 1. The quantitative estimate of drug-likeness (QED) is 0.127. The molecule has 296 valence electrons. The van der Waals surface area contributed by atoms with Crippen LogP contribution in [0.15, 0.2) is 64.4 Å². The summed E-state index contributed by atoms with van der Waals surface area (Å²) >= 11 is 2.90. The molecule has 0 bridgehead atoms. The second-order valence-corrected chi connectivity index (χ2v) is 14.8. The number of ether oxygens (including phenoxy) is 2. The summed E-state index contributed by atoms with van der Waals surface area (Å²) in [7, 11) is 1.20. The van der Waals surface area contributed by atoms with Gasteiger partial charge >= 0.3 is 18.2 Å². The van der Waals surface area contributed by atoms with Gasteiger partial charge in [0.15, 0.2) is 0 Å². The molecule has 0 fully saturated rings. The SMILES string of the molecule is C=C[C@H](C)Nc1nc2c(c(=O)n1-c1ccc(C(=O)N(C)C(=O)O[C@H](OC(=O)[C@@H](N)C(C)C)C(C)C)cc1)C[C@@H](C)N(C(=O)c1ccc(Br)c(C(F)(F)F)c1)C2. The van der Waals surface area contributed by atoms with Gasteiger partial charge in [-0.1, -0.05) is 49.7 Å². The van der Waals surface area contributed by atoms with E-state index in [0.29, 0.717) is 11.3 Å². The largest absolute Gasteiger partial charge is 0.424 e. The number of hydrogen-bond acceptors (Lipinski definition) is 10. The number of esters is 1. The zero-order valence-corrected chi connectivity index (χ0v) is 33.0. The van der Waals surface area contributed by atoms with Crippen molar-refractivity contribution in [2.24, 2.45) is 17.6 Å². The number of alkyl halides is 3. The number of rotatable bonds is 11. The van der Waals surface area contributed by atoms with Gasteiger partial charge in [-0.15, -0.1) is 6.58 Å². The van der Waals surface area contributed by atoms with E-state index in [0.717, 1.165) is 11.0 Å². The summed E-state index contributed by atoms with van der Waals surface area (Å²) in [6.45, 7) is 13.9. The Balaban J connectivity index is 1.62. The number of fused-ring (bicyclic) bond motifs is 1. The molecule has 2 aromatic carbocycles. The van der Waals surface area contributed by atoms with Gasteiger partial charge in [-0.2, -0.15) is 13.2 Å². The Kier molecular flexibility index (Phi) is 13.3. The van der Waals surface area contributed by atoms with E-state index in [1.54, 1.807) is 47.6 Å². The third-order valence-electron chi connectivity index (χ3n) is 9.04. The predicted octanol–water partition coefficient (Wildman–Crippen LogP) is 6.30. The molecule has 0 radical (unpaired) electrons. The number of nitrogens with two attached hydrogens (primary N) is 1. The van der Waals surface area contributed by atoms with E-state index in [-0.39, 0.29) is 52.2 Å². The topological polar surface area (TPSA) is 166 Å². The van der Waals surface area contributed by atoms with Crippen LogP contribution in [0.1, 0.15) is 79.1 Å². The number of benzene rings is 2. The highest BCUT2D eigenvalue weighted by Crippen LogP contribution is 2.36. The molecule has 55 heavy (non-hydrogen) atoms. The van der Waals surface area contributed by atoms with Gasteiger partial charge in [0.2, 0.25) is 5.95 Å². The molecule has 3 aromatic rings. The number of amides is 3. The first-order chi connectivity index (χ1) is 25.7. The van der Waals surface area contributed by atoms with E-state index < -0.39 is 65.5 Å². The second-order valence-electron chi connectivity index (χ2n) is 14.0. The van der Waals surface area contributed by atoms with Crippen molar-refractivity contribution in [3.63, 3.8) is 0 Å². The highest BCUT2D eigenvalue weighted by Gasteiger charge is 2.36. The molecule has 1 aromatic heterocycles. The van der Waals surface area contributed by atoms with Crippen molar-refractivity contribution in [2.75, 3.05) is 12.4 Å². The lowest BCUT2D eigenvalue weighted by atomic mass is 9.98. The molecule has 4 atom stereocenters. The maximum atomic E-state index is 14.2. The van der Waals surface area contributed by atoms with E-state index in [1.807, 2.05) is 0 Å². The zero-order valence-electron chi connectivity index (χ0n) is 31.4. The predicted molar refractivity (Wildman–Crippen MR) is 201 cm³/mol. The minimum absolute atomic E-state index is 0.0619. The monoisotopic (exact) mass is 832 g/mol. The Morgan fingerprint density at radius 3 is 2.22 bits per heavy atom. The second kappa shape index (κ2) is 17.2. The van der Waals surface area contributed by atoms with Crippen molar-refractivity contribution in [1.82, 2.24) is 19.4 Å². The van der Waals surface area contributed by atoms with Gasteiger partial charge in [-0.3, -0.25) is 19.2 Å². The van der Waals surface area contributed by atoms with Gasteiger partial charge in [0.05, 0.1) is 23.5 Å². The first-order valence-electron chi connectivity index (χ1n) is 17.4. The van der Waals surface area contributed by atoms with Crippen molar-refractivity contribution in [3.8, 4) is 5.69 Å². The van der Waals surface area contributed by atoms with Crippen LogP contribution in [0.5, 0.6) is 0 Å². The minimum Gasteiger partial charge on any atom is -0.424 e. The van der Waals surface area contributed by atoms with Crippen LogP contribution >= 0.6 is 15.9 Å². The third-order valence-corrected chi connectivity index (χ3v) is 9.73. The van der Waals surface area contributed by atoms with Crippen LogP contribution in [0.25, 0.3) is 5.69 Å². The van der Waals surface area contributed by atoms with E-state index in [1.165, 1.54) is 52.9 Å². The number of nitrogens with zero attached hydrogens (tertiary/aromatic N) is 4. The van der Waals surface area contributed by atoms with Crippen LogP contribution in [-0.4, -0.2) is 74.7 Å². The first-order valence-corrected chi connectivity index (χ1v) is 18.2. The van der Waals surface area contributed by atoms with Crippen molar-refractivity contribution in [2.45, 2.75) is 85.1 Å². The van der Waals surface area contributed by atoms with Gasteiger partial charge in [0.1, 0.15) is 6.04 Å². The average Bonchev–Trinajstić information content (AvgIpc) is 3.13. The average molecular weight is 834 g/mol. The fraction of sp³-hybridized carbons (Fsp3) is 0.421. The Labute approximate surface area is 324 Å². The van der Waals surface area contributed by atoms with Crippen LogP contribution in [-0.2, 0) is 33.4 Å². The maximum Gasteiger partial charge on any atom is 0.419 e. The molecule has 0 aliphatic carbocycles. The number of hydrogen-bond donors (Lipinski definition) is 2. The van der Waals surface area contributed by atoms with Crippen molar-refractivity contribution in [1.29, 1.82) is 0 Å². The molecule has 3 amide bonds. The fourth-order valence-electron chi connectivity index (χ4n) is 5.54. The van der Waals surface area contributed by atoms with E-state index in [2.05, 4.69) is 27.8 Å². The number of halogens is 4. The normalized spacial score (nSPS) is 15.8. The lowest BCUT2D eigenvalue weighted by molar-refractivity contribution is -0.178. The Morgan fingerprint density at radius 1 is 1.04 bits per heavy atom. The van der Waals surface area contributed by atoms with Crippen LogP contribution in [0.4, 0.5) is 23.9 Å². The summed E-state index contributed by atoms with van der Waals surface area (Å²) in [5, 5.41) is 3.11. The summed E-state index contributed by atoms with van der Waals surface area (Å²) in [5.41, 5.74) is 5.20. The summed E-state index contributed by atoms with van der Waals surface area (Å²) < 4.78 is 52.6. The van der Waals surface area contributed by atoms with E-state index in [9.17, 15) is 37.1 Å². The summed E-state index contributed by atoms with van der Waals surface area (Å²) in [6.07, 6.45) is -5.41. The third kappa shape index (κ3) is 9.62. The van der Waals surface area contributed by atoms with Gasteiger partial charge in [0, 0.05) is 46.2 Å². The van der Waals surface area contributed by atoms with E-state index in [4.69, 9.17) is 20.2 Å². The Morgan fingerprint density at radius 2 is 1.65 bits per heavy atom. The molecule has 4 rings (SSSR count). The molecule has 17 heteroatoms. The molecule has 0 saturated carbocycles. The number of carbonyl (C=O) groups is 4. The molecular weight excluding hydrogens is 789 g/mol. The van der Waals surface area contributed by atoms with E-state index >= 15 is 0 Å². The Hall–Kier alpha value is -5.03. The molecule has 2 heterocycles. The molecular formula is C38H44BrF3N6O7. The number of aromatic nitrogens is 2. The highest BCUT2D eigenvalue weighted by molar-refractivity contribution is 9.10. The first kappa shape index (κ1) is 42.7. The van der Waals surface area contributed by atoms with Crippen LogP contribution in [0.2, 0.25) is 0 Å². The minimum atomic E-state index is -4.69. The number of anilines is 1. The highest BCUT2D eigenvalue weighted by atomic mass is 79.9. The molecule has 1 aliphatic heterocycles. The van der Waals surface area contributed by atoms with Gasteiger partial charge in [-0.25, -0.2) is 19.2 Å². The molecule has 3 N–H and O–H groups in total. The van der Waals surface area contributed by atoms with Crippen LogP contribution < -0.4 is 16.6 Å². The fourth-order valence-corrected chi connectivity index (χ4v) is 6.01. The molecule has 1 aliphatic rings. The van der Waals surface area contributed by atoms with Gasteiger partial charge < -0.3 is 25.4 Å².